The molecular weight excluding hydrogens is 261 g/mol. The molecule has 1 heterocycles. The fraction of sp³-hybridized carbons (Fsp3) is 0.500. The Morgan fingerprint density at radius 1 is 1.42 bits per heavy atom. The molecule has 104 valence electrons. The van der Waals surface area contributed by atoms with E-state index in [1.807, 2.05) is 0 Å². The van der Waals surface area contributed by atoms with E-state index >= 15 is 0 Å². The monoisotopic (exact) mass is 274 g/mol. The average Bonchev–Trinajstić information content (AvgIpc) is 2.77. The Morgan fingerprint density at radius 2 is 2.16 bits per heavy atom. The van der Waals surface area contributed by atoms with Crippen molar-refractivity contribution in [2.24, 2.45) is 5.92 Å². The standard InChI is InChI=1S/C12H13F3N2O2/c13-12(14,15)8-3-4-16-10(6-8)17-9-2-1-7(5-9)11(18)19/h3-4,6-7,9H,1-2,5H2,(H,16,17)(H,18,19). The summed E-state index contributed by atoms with van der Waals surface area (Å²) in [5.41, 5.74) is -0.766. The zero-order valence-electron chi connectivity index (χ0n) is 9.94. The Bertz CT molecular complexity index is 476. The lowest BCUT2D eigenvalue weighted by Crippen LogP contribution is -2.19. The predicted molar refractivity (Wildman–Crippen MR) is 61.6 cm³/mol. The molecule has 2 unspecified atom stereocenters. The second-order valence-corrected chi connectivity index (χ2v) is 4.62. The number of aromatic nitrogens is 1. The molecule has 1 fully saturated rings. The van der Waals surface area contributed by atoms with Crippen molar-refractivity contribution < 1.29 is 23.1 Å². The third-order valence-electron chi connectivity index (χ3n) is 3.22. The van der Waals surface area contributed by atoms with Crippen molar-refractivity contribution >= 4 is 11.8 Å². The molecule has 1 saturated carbocycles. The third kappa shape index (κ3) is 3.36. The van der Waals surface area contributed by atoms with E-state index in [1.165, 1.54) is 0 Å². The molecule has 1 aliphatic carbocycles. The summed E-state index contributed by atoms with van der Waals surface area (Å²) in [5.74, 6) is -1.16. The first-order valence-corrected chi connectivity index (χ1v) is 5.89. The van der Waals surface area contributed by atoms with Crippen LogP contribution in [0.15, 0.2) is 18.3 Å². The lowest BCUT2D eigenvalue weighted by Gasteiger charge is -2.14. The molecule has 0 spiro atoms. The van der Waals surface area contributed by atoms with Crippen LogP contribution in [0.1, 0.15) is 24.8 Å². The molecule has 0 radical (unpaired) electrons. The number of hydrogen-bond acceptors (Lipinski definition) is 3. The van der Waals surface area contributed by atoms with Gasteiger partial charge in [0.15, 0.2) is 0 Å². The van der Waals surface area contributed by atoms with Gasteiger partial charge >= 0.3 is 12.1 Å². The van der Waals surface area contributed by atoms with Crippen molar-refractivity contribution in [1.82, 2.24) is 4.98 Å². The minimum atomic E-state index is -4.40. The maximum absolute atomic E-state index is 12.5. The van der Waals surface area contributed by atoms with E-state index in [0.717, 1.165) is 18.3 Å². The molecule has 0 amide bonds. The van der Waals surface area contributed by atoms with E-state index in [4.69, 9.17) is 5.11 Å². The summed E-state index contributed by atoms with van der Waals surface area (Å²) in [6, 6.07) is 1.70. The number of halogens is 3. The molecule has 7 heteroatoms. The second-order valence-electron chi connectivity index (χ2n) is 4.62. The molecule has 0 aliphatic heterocycles. The number of hydrogen-bond donors (Lipinski definition) is 2. The molecule has 1 aromatic heterocycles. The summed E-state index contributed by atoms with van der Waals surface area (Å²) in [6.07, 6.45) is -1.75. The van der Waals surface area contributed by atoms with Crippen LogP contribution in [0.4, 0.5) is 19.0 Å². The molecule has 2 N–H and O–H groups in total. The van der Waals surface area contributed by atoms with Gasteiger partial charge in [-0.1, -0.05) is 0 Å². The van der Waals surface area contributed by atoms with Gasteiger partial charge in [0.2, 0.25) is 0 Å². The summed E-state index contributed by atoms with van der Waals surface area (Å²) in [4.78, 5) is 14.6. The Labute approximate surface area is 107 Å². The smallest absolute Gasteiger partial charge is 0.416 e. The summed E-state index contributed by atoms with van der Waals surface area (Å²) in [5, 5.41) is 11.7. The fourth-order valence-electron chi connectivity index (χ4n) is 2.23. The van der Waals surface area contributed by atoms with Crippen LogP contribution in [0.2, 0.25) is 0 Å². The molecule has 0 aromatic carbocycles. The molecule has 2 atom stereocenters. The maximum atomic E-state index is 12.5. The highest BCUT2D eigenvalue weighted by molar-refractivity contribution is 5.70. The highest BCUT2D eigenvalue weighted by atomic mass is 19.4. The van der Waals surface area contributed by atoms with Crippen LogP contribution in [0, 0.1) is 5.92 Å². The van der Waals surface area contributed by atoms with E-state index in [2.05, 4.69) is 10.3 Å². The quantitative estimate of drug-likeness (QED) is 0.889. The number of anilines is 1. The van der Waals surface area contributed by atoms with Crippen molar-refractivity contribution in [2.75, 3.05) is 5.32 Å². The third-order valence-corrected chi connectivity index (χ3v) is 3.22. The van der Waals surface area contributed by atoms with Crippen LogP contribution < -0.4 is 5.32 Å². The van der Waals surface area contributed by atoms with E-state index in [0.29, 0.717) is 19.3 Å². The first-order chi connectivity index (χ1) is 8.86. The number of pyridine rings is 1. The normalized spacial score (nSPS) is 23.3. The van der Waals surface area contributed by atoms with Gasteiger partial charge in [0.1, 0.15) is 5.82 Å². The van der Waals surface area contributed by atoms with Gasteiger partial charge in [-0.3, -0.25) is 4.79 Å². The number of carboxylic acids is 1. The average molecular weight is 274 g/mol. The largest absolute Gasteiger partial charge is 0.481 e. The van der Waals surface area contributed by atoms with E-state index in [1.54, 1.807) is 0 Å². The molecule has 0 saturated heterocycles. The van der Waals surface area contributed by atoms with Gasteiger partial charge < -0.3 is 10.4 Å². The Balaban J connectivity index is 2.03. The Kier molecular flexibility index (Phi) is 3.64. The van der Waals surface area contributed by atoms with Crippen molar-refractivity contribution in [3.05, 3.63) is 23.9 Å². The zero-order chi connectivity index (χ0) is 14.0. The van der Waals surface area contributed by atoms with Crippen LogP contribution in [0.5, 0.6) is 0 Å². The van der Waals surface area contributed by atoms with Gasteiger partial charge in [0.25, 0.3) is 0 Å². The first kappa shape index (κ1) is 13.6. The lowest BCUT2D eigenvalue weighted by molar-refractivity contribution is -0.141. The molecule has 2 rings (SSSR count). The number of nitrogens with zero attached hydrogens (tertiary/aromatic N) is 1. The molecule has 1 aliphatic rings. The number of aliphatic carboxylic acids is 1. The van der Waals surface area contributed by atoms with Gasteiger partial charge in [-0.15, -0.1) is 0 Å². The Hall–Kier alpha value is -1.79. The second kappa shape index (κ2) is 5.07. The summed E-state index contributed by atoms with van der Waals surface area (Å²) >= 11 is 0. The highest BCUT2D eigenvalue weighted by Gasteiger charge is 2.32. The SMILES string of the molecule is O=C(O)C1CCC(Nc2cc(C(F)(F)F)ccn2)C1. The van der Waals surface area contributed by atoms with E-state index in [-0.39, 0.29) is 11.9 Å². The number of alkyl halides is 3. The topological polar surface area (TPSA) is 62.2 Å². The molecular formula is C12H13F3N2O2. The minimum Gasteiger partial charge on any atom is -0.481 e. The van der Waals surface area contributed by atoms with E-state index in [9.17, 15) is 18.0 Å². The number of carbonyl (C=O) groups is 1. The van der Waals surface area contributed by atoms with Crippen molar-refractivity contribution in [2.45, 2.75) is 31.5 Å². The van der Waals surface area contributed by atoms with Gasteiger partial charge in [-0.2, -0.15) is 13.2 Å². The Morgan fingerprint density at radius 3 is 2.74 bits per heavy atom. The fourth-order valence-corrected chi connectivity index (χ4v) is 2.23. The summed E-state index contributed by atoms with van der Waals surface area (Å²) in [7, 11) is 0. The maximum Gasteiger partial charge on any atom is 0.416 e. The van der Waals surface area contributed by atoms with Gasteiger partial charge in [-0.05, 0) is 31.4 Å². The van der Waals surface area contributed by atoms with Crippen LogP contribution >= 0.6 is 0 Å². The van der Waals surface area contributed by atoms with Gasteiger partial charge in [-0.25, -0.2) is 4.98 Å². The number of rotatable bonds is 3. The minimum absolute atomic E-state index is 0.130. The molecule has 0 bridgehead atoms. The van der Waals surface area contributed by atoms with E-state index < -0.39 is 23.6 Å². The molecule has 1 aromatic rings. The van der Waals surface area contributed by atoms with Gasteiger partial charge in [0, 0.05) is 12.2 Å². The molecule has 4 nitrogen and oxygen atoms in total. The van der Waals surface area contributed by atoms with Crippen LogP contribution in [-0.4, -0.2) is 22.1 Å². The van der Waals surface area contributed by atoms with Crippen molar-refractivity contribution in [3.63, 3.8) is 0 Å². The van der Waals surface area contributed by atoms with Crippen molar-refractivity contribution in [3.8, 4) is 0 Å². The van der Waals surface area contributed by atoms with Crippen LogP contribution in [0.25, 0.3) is 0 Å². The highest BCUT2D eigenvalue weighted by Crippen LogP contribution is 2.31. The number of carboxylic acid groups (broad SMARTS) is 1. The predicted octanol–water partition coefficient (Wildman–Crippen LogP) is 2.77. The first-order valence-electron chi connectivity index (χ1n) is 5.89. The zero-order valence-corrected chi connectivity index (χ0v) is 9.94. The van der Waals surface area contributed by atoms with Gasteiger partial charge in [0.05, 0.1) is 11.5 Å². The summed E-state index contributed by atoms with van der Waals surface area (Å²) in [6.45, 7) is 0. The summed E-state index contributed by atoms with van der Waals surface area (Å²) < 4.78 is 37.5. The van der Waals surface area contributed by atoms with Crippen LogP contribution in [0.3, 0.4) is 0 Å². The molecule has 19 heavy (non-hydrogen) atoms. The number of nitrogens with one attached hydrogen (secondary N) is 1. The lowest BCUT2D eigenvalue weighted by atomic mass is 10.1. The van der Waals surface area contributed by atoms with Crippen molar-refractivity contribution in [1.29, 1.82) is 0 Å². The van der Waals surface area contributed by atoms with Crippen LogP contribution in [-0.2, 0) is 11.0 Å².